The third-order valence-corrected chi connectivity index (χ3v) is 8.55. The van der Waals surface area contributed by atoms with E-state index in [4.69, 9.17) is 15.3 Å². The normalized spacial score (nSPS) is 18.6. The van der Waals surface area contributed by atoms with Gasteiger partial charge in [0.2, 0.25) is 12.2 Å². The molecule has 0 bridgehead atoms. The van der Waals surface area contributed by atoms with Gasteiger partial charge in [-0.2, -0.15) is 0 Å². The van der Waals surface area contributed by atoms with Gasteiger partial charge in [0, 0.05) is 34.7 Å². The number of rotatable bonds is 11. The number of hydrogen-bond acceptors (Lipinski definition) is 8. The van der Waals surface area contributed by atoms with E-state index in [0.29, 0.717) is 42.3 Å². The second-order valence-corrected chi connectivity index (χ2v) is 11.3. The summed E-state index contributed by atoms with van der Waals surface area (Å²) in [5.41, 5.74) is 6.09. The topological polar surface area (TPSA) is 135 Å². The summed E-state index contributed by atoms with van der Waals surface area (Å²) >= 11 is 0. The van der Waals surface area contributed by atoms with Crippen LogP contribution in [0.25, 0.3) is 11.0 Å². The predicted octanol–water partition coefficient (Wildman–Crippen LogP) is 7.56. The van der Waals surface area contributed by atoms with E-state index in [2.05, 4.69) is 29.1 Å². The fraction of sp³-hybridized carbons (Fsp3) is 0.676. The first-order valence-electron chi connectivity index (χ1n) is 16.4. The van der Waals surface area contributed by atoms with Crippen molar-refractivity contribution < 1.29 is 42.2 Å². The van der Waals surface area contributed by atoms with Crippen LogP contribution in [0.3, 0.4) is 0 Å². The summed E-state index contributed by atoms with van der Waals surface area (Å²) in [6, 6.07) is 5.86. The van der Waals surface area contributed by atoms with Crippen molar-refractivity contribution in [3.8, 4) is 0 Å². The number of amides is 1. The van der Waals surface area contributed by atoms with Crippen molar-refractivity contribution in [2.24, 2.45) is 23.5 Å². The van der Waals surface area contributed by atoms with E-state index in [0.717, 1.165) is 37.7 Å². The Morgan fingerprint density at radius 1 is 1.13 bits per heavy atom. The molecule has 1 saturated heterocycles. The van der Waals surface area contributed by atoms with E-state index < -0.39 is 18.4 Å². The number of halogens is 3. The molecule has 1 aliphatic carbocycles. The van der Waals surface area contributed by atoms with Crippen molar-refractivity contribution in [2.45, 2.75) is 110 Å². The summed E-state index contributed by atoms with van der Waals surface area (Å²) in [6.07, 6.45) is 10.3. The van der Waals surface area contributed by atoms with Crippen molar-refractivity contribution in [2.75, 3.05) is 26.0 Å². The van der Waals surface area contributed by atoms with Gasteiger partial charge in [-0.05, 0) is 82.3 Å². The van der Waals surface area contributed by atoms with Crippen molar-refractivity contribution in [1.82, 2.24) is 4.90 Å². The molecular weight excluding hydrogens is 850 g/mol. The molecule has 272 valence electrons. The molecule has 2 aliphatic rings. The number of alkyl halides is 2. The van der Waals surface area contributed by atoms with Gasteiger partial charge in [-0.1, -0.05) is 59.3 Å². The summed E-state index contributed by atoms with van der Waals surface area (Å²) in [5.74, 6) is 0.658. The van der Waals surface area contributed by atoms with Crippen LogP contribution in [0.1, 0.15) is 102 Å². The molecule has 2 heterocycles. The Morgan fingerprint density at radius 3 is 2.26 bits per heavy atom. The smallest absolute Gasteiger partial charge is 0.414 e. The van der Waals surface area contributed by atoms with Crippen LogP contribution < -0.4 is 11.1 Å². The number of nitrogens with one attached hydrogen (secondary N) is 1. The minimum Gasteiger partial charge on any atom is -0.449 e. The molecular formula is C34H56CmF3N3O6. The van der Waals surface area contributed by atoms with Gasteiger partial charge in [0.1, 0.15) is 11.9 Å². The van der Waals surface area contributed by atoms with E-state index in [-0.39, 0.29) is 11.7 Å². The molecule has 9 nitrogen and oxygen atoms in total. The van der Waals surface area contributed by atoms with Crippen LogP contribution in [0.5, 0.6) is 0 Å². The molecule has 1 aliphatic heterocycles. The molecule has 47 heavy (non-hydrogen) atoms. The van der Waals surface area contributed by atoms with E-state index in [1.54, 1.807) is 18.2 Å². The molecule has 4 rings (SSSR count). The minimum atomic E-state index is -2.45. The predicted molar refractivity (Wildman–Crippen MR) is 176 cm³/mol. The minimum absolute atomic E-state index is 0. The fourth-order valence-corrected chi connectivity index (χ4v) is 5.77. The number of nitrogens with two attached hydrogens (primary N) is 1. The van der Waals surface area contributed by atoms with Crippen LogP contribution in [0.4, 0.5) is 19.0 Å². The second-order valence-electron chi connectivity index (χ2n) is 11.3. The van der Waals surface area contributed by atoms with E-state index >= 15 is 0 Å². The maximum absolute atomic E-state index is 11.9. The van der Waals surface area contributed by atoms with Crippen LogP contribution in [-0.2, 0) is 14.5 Å². The van der Waals surface area contributed by atoms with Gasteiger partial charge in [0.25, 0.3) is 6.43 Å². The molecule has 4 N–H and O–H groups in total. The van der Waals surface area contributed by atoms with Crippen LogP contribution in [0.2, 0.25) is 0 Å². The molecule has 2 aromatic rings. The van der Waals surface area contributed by atoms with E-state index in [1.807, 2.05) is 20.8 Å². The fourth-order valence-electron chi connectivity index (χ4n) is 5.77. The molecule has 2 fully saturated rings. The largest absolute Gasteiger partial charge is 0.449 e. The first-order chi connectivity index (χ1) is 22.1. The zero-order valence-corrected chi connectivity index (χ0v) is 31.7. The van der Waals surface area contributed by atoms with Gasteiger partial charge < -0.3 is 30.3 Å². The first kappa shape index (κ1) is 45.2. The summed E-state index contributed by atoms with van der Waals surface area (Å²) < 4.78 is 40.5. The van der Waals surface area contributed by atoms with Gasteiger partial charge in [-0.3, -0.25) is 4.79 Å². The third kappa shape index (κ3) is 15.9. The molecule has 13 heteroatoms. The van der Waals surface area contributed by atoms with Crippen molar-refractivity contribution in [1.29, 1.82) is 0 Å². The van der Waals surface area contributed by atoms with Gasteiger partial charge in [0.05, 0.1) is 6.04 Å². The second kappa shape index (κ2) is 26.1. The number of carbonyl (C=O) groups is 3. The number of benzene rings is 1. The maximum Gasteiger partial charge on any atom is 0.414 e. The Balaban J connectivity index is 0. The van der Waals surface area contributed by atoms with Crippen molar-refractivity contribution in [3.05, 3.63) is 30.0 Å². The number of furan rings is 1. The summed E-state index contributed by atoms with van der Waals surface area (Å²) in [6.45, 7) is 9.67. The van der Waals surface area contributed by atoms with E-state index in [1.165, 1.54) is 51.1 Å². The Labute approximate surface area is 272 Å². The van der Waals surface area contributed by atoms with Gasteiger partial charge >= 0.3 is 5.97 Å². The Morgan fingerprint density at radius 2 is 1.77 bits per heavy atom. The molecule has 4 unspecified atom stereocenters. The zero-order chi connectivity index (χ0) is 35.1. The van der Waals surface area contributed by atoms with Crippen molar-refractivity contribution in [3.63, 3.8) is 0 Å². The first-order valence-corrected chi connectivity index (χ1v) is 16.4. The van der Waals surface area contributed by atoms with Crippen LogP contribution in [0, 0.1) is 17.8 Å². The zero-order valence-electron chi connectivity index (χ0n) is 28.7. The number of anilines is 1. The number of aliphatic hydroxyl groups is 1. The summed E-state index contributed by atoms with van der Waals surface area (Å²) in [7, 11) is 3.29. The number of hydrogen-bond donors (Lipinski definition) is 3. The molecule has 1 amide bonds. The number of carbonyl (C=O) groups excluding carboxylic acids is 3. The van der Waals surface area contributed by atoms with Gasteiger partial charge in [-0.15, -0.1) is 0 Å². The van der Waals surface area contributed by atoms with Crippen LogP contribution >= 0.6 is 0 Å². The molecule has 1 aromatic heterocycles. The van der Waals surface area contributed by atoms with Crippen LogP contribution in [0.15, 0.2) is 28.7 Å². The third-order valence-electron chi connectivity index (χ3n) is 8.55. The molecule has 4 atom stereocenters. The molecule has 1 saturated carbocycles. The molecule has 1 aromatic carbocycles. The van der Waals surface area contributed by atoms with Gasteiger partial charge in [-0.25, -0.2) is 18.5 Å². The quantitative estimate of drug-likeness (QED) is 0.197. The summed E-state index contributed by atoms with van der Waals surface area (Å²) in [5, 5.41) is 10.0. The number of nitrogens with zero attached hydrogens (tertiary/aromatic N) is 1. The maximum atomic E-state index is 11.9. The molecule has 0 spiro atoms. The number of likely N-dealkylation sites (tertiary alicyclic amines) is 1. The number of aliphatic hydroxyl groups excluding tert-OH is 1. The number of fused-ring (bicyclic) bond motifs is 1. The Bertz CT molecular complexity index is 1100. The Hall–Kier alpha value is -3.96. The average molecular weight is 907 g/mol. The average Bonchev–Trinajstić information content (AvgIpc) is 3.67. The van der Waals surface area contributed by atoms with Gasteiger partial charge in [0.15, 0.2) is 0 Å². The van der Waals surface area contributed by atoms with Crippen molar-refractivity contribution >= 4 is 35.3 Å². The standard InChI is InChI=1S/C12H23N.C10H6FNO4.C9H17F2NO.C2H6.CH4O.Cm/c1-10-12(8-9-13(10)2)11-6-4-3-5-7-11;11-16-10(14)9-4-6-3-7(12-5-13)1-2-8(6)15-9;1-2-7(6-13)4-3-5-8(12)9(10)11;2*1-2;/h10-12H,3-9H2,1-2H3;1-5H,(H,12,13);6-9H,2-5,12H2,1H3;1-2H3;2H,1H3;. The van der Waals surface area contributed by atoms with Crippen LogP contribution in [-0.4, -0.2) is 67.9 Å². The monoisotopic (exact) mass is 902 g/mol. The SMILES string of the molecule is CC.CC1C(C2CCCCC2)CCN1C.CCC(C=O)CCCC(N)C(F)F.CO.O=CNc1ccc2oc(C(=O)OF)cc2c1.[Cm]. The molecule has 0 radical (unpaired) electrons. The van der Waals surface area contributed by atoms with E-state index in [9.17, 15) is 27.7 Å². The summed E-state index contributed by atoms with van der Waals surface area (Å²) in [4.78, 5) is 37.0. The number of aldehydes is 1. The Kier molecular flexibility index (Phi) is 25.1.